The second-order valence-corrected chi connectivity index (χ2v) is 9.00. The number of amidine groups is 1. The minimum absolute atomic E-state index is 0.0158. The molecule has 1 aromatic rings. The van der Waals surface area contributed by atoms with Crippen molar-refractivity contribution in [2.24, 2.45) is 10.9 Å². The fourth-order valence-electron chi connectivity index (χ4n) is 4.32. The largest absolute Gasteiger partial charge is 0.390 e. The number of nitrogens with zero attached hydrogens (tertiary/aromatic N) is 4. The summed E-state index contributed by atoms with van der Waals surface area (Å²) in [5, 5.41) is 10.2. The zero-order valence-electron chi connectivity index (χ0n) is 17.3. The fraction of sp³-hybridized carbons (Fsp3) is 0.667. The number of H-pyrrole nitrogens is 1. The quantitative estimate of drug-likeness (QED) is 0.813. The summed E-state index contributed by atoms with van der Waals surface area (Å²) in [5.74, 6) is 2.77. The van der Waals surface area contributed by atoms with Crippen molar-refractivity contribution in [2.75, 3.05) is 18.0 Å². The van der Waals surface area contributed by atoms with Gasteiger partial charge in [-0.05, 0) is 50.5 Å². The number of nitrogens with one attached hydrogen (secondary N) is 1. The van der Waals surface area contributed by atoms with Crippen LogP contribution >= 0.6 is 0 Å². The summed E-state index contributed by atoms with van der Waals surface area (Å²) in [4.78, 5) is 29.9. The summed E-state index contributed by atoms with van der Waals surface area (Å²) >= 11 is 0. The van der Waals surface area contributed by atoms with E-state index in [4.69, 9.17) is 9.98 Å². The number of anilines is 1. The number of hydrogen-bond donors (Lipinski definition) is 2. The Hall–Kier alpha value is -2.15. The predicted molar refractivity (Wildman–Crippen MR) is 111 cm³/mol. The van der Waals surface area contributed by atoms with E-state index in [-0.39, 0.29) is 12.1 Å². The molecule has 7 nitrogen and oxygen atoms in total. The van der Waals surface area contributed by atoms with Crippen molar-refractivity contribution in [3.05, 3.63) is 17.6 Å². The molecule has 0 radical (unpaired) electrons. The highest BCUT2D eigenvalue weighted by atomic mass is 16.3. The Kier molecular flexibility index (Phi) is 4.81. The second-order valence-electron chi connectivity index (χ2n) is 9.00. The van der Waals surface area contributed by atoms with Gasteiger partial charge in [0.25, 0.3) is 0 Å². The van der Waals surface area contributed by atoms with E-state index in [1.54, 1.807) is 4.90 Å². The van der Waals surface area contributed by atoms with Gasteiger partial charge in [-0.2, -0.15) is 0 Å². The van der Waals surface area contributed by atoms with Crippen molar-refractivity contribution in [3.63, 3.8) is 0 Å². The number of carbonyl (C=O) groups is 1. The van der Waals surface area contributed by atoms with Gasteiger partial charge in [0, 0.05) is 6.54 Å². The van der Waals surface area contributed by atoms with Crippen LogP contribution in [-0.4, -0.2) is 56.6 Å². The van der Waals surface area contributed by atoms with Crippen LogP contribution in [0, 0.1) is 5.92 Å². The molecule has 0 spiro atoms. The van der Waals surface area contributed by atoms with Crippen LogP contribution in [0.3, 0.4) is 0 Å². The topological polar surface area (TPSA) is 84.8 Å². The Morgan fingerprint density at radius 1 is 1.43 bits per heavy atom. The Morgan fingerprint density at radius 2 is 2.21 bits per heavy atom. The number of imidazole rings is 1. The molecule has 28 heavy (non-hydrogen) atoms. The van der Waals surface area contributed by atoms with E-state index in [9.17, 15) is 9.90 Å². The summed E-state index contributed by atoms with van der Waals surface area (Å²) in [7, 11) is 0. The fourth-order valence-corrected chi connectivity index (χ4v) is 4.32. The van der Waals surface area contributed by atoms with Crippen LogP contribution in [0.1, 0.15) is 71.3 Å². The average molecular weight is 386 g/mol. The number of fused-ring (bicyclic) bond motifs is 3. The predicted octanol–water partition coefficient (Wildman–Crippen LogP) is 3.55. The molecule has 7 heteroatoms. The summed E-state index contributed by atoms with van der Waals surface area (Å²) in [5.41, 5.74) is 1.32. The smallest absolute Gasteiger partial charge is 0.331 e. The molecule has 2 aliphatic heterocycles. The van der Waals surface area contributed by atoms with E-state index in [0.717, 1.165) is 42.2 Å². The number of rotatable bonds is 5. The van der Waals surface area contributed by atoms with Crippen molar-refractivity contribution in [1.29, 1.82) is 0 Å². The monoisotopic (exact) mass is 385 g/mol. The van der Waals surface area contributed by atoms with E-state index in [1.165, 1.54) is 0 Å². The van der Waals surface area contributed by atoms with E-state index in [1.807, 2.05) is 11.8 Å². The lowest BCUT2D eigenvalue weighted by Gasteiger charge is -2.32. The molecule has 1 unspecified atom stereocenters. The maximum atomic E-state index is 13.1. The number of allylic oxidation sites excluding steroid dienone is 1. The van der Waals surface area contributed by atoms with Gasteiger partial charge < -0.3 is 10.1 Å². The highest BCUT2D eigenvalue weighted by molar-refractivity contribution is 6.18. The van der Waals surface area contributed by atoms with Crippen molar-refractivity contribution in [1.82, 2.24) is 14.9 Å². The highest BCUT2D eigenvalue weighted by Gasteiger charge is 2.42. The van der Waals surface area contributed by atoms with Gasteiger partial charge in [0.2, 0.25) is 0 Å². The van der Waals surface area contributed by atoms with E-state index < -0.39 is 5.60 Å². The SMILES string of the molecule is CCCN1C(=O)N2C[C@@H](CC(C)C)N=C2c2[nH]c(C3=CCC(C)(O)CC3)nc21. The number of amides is 2. The van der Waals surface area contributed by atoms with Crippen LogP contribution in [-0.2, 0) is 0 Å². The van der Waals surface area contributed by atoms with Crippen LogP contribution in [0.15, 0.2) is 11.1 Å². The van der Waals surface area contributed by atoms with Crippen LogP contribution < -0.4 is 4.90 Å². The van der Waals surface area contributed by atoms with Crippen molar-refractivity contribution < 1.29 is 9.90 Å². The summed E-state index contributed by atoms with van der Waals surface area (Å²) < 4.78 is 0. The molecule has 3 aliphatic rings. The lowest BCUT2D eigenvalue weighted by molar-refractivity contribution is 0.0523. The first-order chi connectivity index (χ1) is 13.3. The Morgan fingerprint density at radius 3 is 2.86 bits per heavy atom. The zero-order chi connectivity index (χ0) is 20.1. The van der Waals surface area contributed by atoms with E-state index in [2.05, 4.69) is 31.8 Å². The molecule has 2 amide bonds. The molecule has 1 aliphatic carbocycles. The minimum atomic E-state index is -0.643. The molecule has 2 N–H and O–H groups in total. The van der Waals surface area contributed by atoms with Gasteiger partial charge in [-0.1, -0.05) is 26.8 Å². The van der Waals surface area contributed by atoms with Crippen molar-refractivity contribution in [3.8, 4) is 0 Å². The molecule has 2 atom stereocenters. The first kappa shape index (κ1) is 19.2. The molecule has 4 rings (SSSR count). The third kappa shape index (κ3) is 3.36. The number of hydrogen-bond acceptors (Lipinski definition) is 4. The first-order valence-corrected chi connectivity index (χ1v) is 10.5. The summed E-state index contributed by atoms with van der Waals surface area (Å²) in [6.07, 6.45) is 6.01. The Bertz CT molecular complexity index is 836. The van der Waals surface area contributed by atoms with Gasteiger partial charge in [-0.25, -0.2) is 9.78 Å². The third-order valence-corrected chi connectivity index (χ3v) is 5.80. The molecule has 0 saturated carbocycles. The van der Waals surface area contributed by atoms with Crippen LogP contribution in [0.4, 0.5) is 10.6 Å². The van der Waals surface area contributed by atoms with Gasteiger partial charge in [0.1, 0.15) is 11.5 Å². The number of aliphatic hydroxyl groups is 1. The van der Waals surface area contributed by atoms with Gasteiger partial charge in [0.15, 0.2) is 11.7 Å². The van der Waals surface area contributed by atoms with Gasteiger partial charge in [-0.15, -0.1) is 0 Å². The van der Waals surface area contributed by atoms with E-state index >= 15 is 0 Å². The number of urea groups is 1. The van der Waals surface area contributed by atoms with Gasteiger partial charge >= 0.3 is 6.03 Å². The first-order valence-electron chi connectivity index (χ1n) is 10.5. The minimum Gasteiger partial charge on any atom is -0.390 e. The average Bonchev–Trinajstić information content (AvgIpc) is 3.22. The number of aliphatic imine (C=N–C) groups is 1. The highest BCUT2D eigenvalue weighted by Crippen LogP contribution is 2.36. The van der Waals surface area contributed by atoms with Gasteiger partial charge in [0.05, 0.1) is 18.2 Å². The summed E-state index contributed by atoms with van der Waals surface area (Å²) in [6.45, 7) is 9.60. The van der Waals surface area contributed by atoms with Crippen molar-refractivity contribution in [2.45, 2.75) is 71.4 Å². The Balaban J connectivity index is 1.72. The van der Waals surface area contributed by atoms with E-state index in [0.29, 0.717) is 37.7 Å². The van der Waals surface area contributed by atoms with Crippen LogP contribution in [0.2, 0.25) is 0 Å². The number of aromatic nitrogens is 2. The molecule has 152 valence electrons. The molecule has 0 aromatic carbocycles. The molecule has 0 bridgehead atoms. The summed E-state index contributed by atoms with van der Waals surface area (Å²) in [6, 6.07) is 0.127. The maximum Gasteiger partial charge on any atom is 0.331 e. The molecular formula is C21H31N5O2. The lowest BCUT2D eigenvalue weighted by Crippen LogP contribution is -2.50. The molecule has 1 aromatic heterocycles. The Labute approximate surface area is 166 Å². The molecule has 3 heterocycles. The van der Waals surface area contributed by atoms with Crippen LogP contribution in [0.5, 0.6) is 0 Å². The third-order valence-electron chi connectivity index (χ3n) is 5.80. The maximum absolute atomic E-state index is 13.1. The normalized spacial score (nSPS) is 27.1. The second kappa shape index (κ2) is 7.03. The molecule has 0 saturated heterocycles. The lowest BCUT2D eigenvalue weighted by atomic mass is 9.87. The van der Waals surface area contributed by atoms with Gasteiger partial charge in [-0.3, -0.25) is 14.8 Å². The molecular weight excluding hydrogens is 354 g/mol. The standard InChI is InChI=1S/C21H31N5O2/c1-5-10-25-19-16(18-22-15(11-13(2)3)12-26(18)20(25)27)23-17(24-19)14-6-8-21(4,28)9-7-14/h6,13,15,28H,5,7-12H2,1-4H3,(H,23,24)/t15-,21?/m1/s1. The number of aromatic amines is 1. The van der Waals surface area contributed by atoms with Crippen molar-refractivity contribution >= 4 is 23.3 Å². The number of carbonyl (C=O) groups excluding carboxylic acids is 1. The molecule has 0 fully saturated rings. The van der Waals surface area contributed by atoms with Crippen LogP contribution in [0.25, 0.3) is 5.57 Å². The zero-order valence-corrected chi connectivity index (χ0v) is 17.3.